The first kappa shape index (κ1) is 19.3. The number of anilines is 2. The largest absolute Gasteiger partial charge is 0.337 e. The molecule has 152 valence electrons. The summed E-state index contributed by atoms with van der Waals surface area (Å²) >= 11 is 8.00. The summed E-state index contributed by atoms with van der Waals surface area (Å²) in [5, 5.41) is 9.47. The van der Waals surface area contributed by atoms with Gasteiger partial charge in [0.05, 0.1) is 32.2 Å². The number of hydrogen-bond donors (Lipinski definition) is 1. The van der Waals surface area contributed by atoms with Crippen molar-refractivity contribution in [1.29, 1.82) is 0 Å². The monoisotopic (exact) mass is 436 g/mol. The first-order valence-electron chi connectivity index (χ1n) is 9.85. The maximum atomic E-state index is 13.1. The second-order valence-electron chi connectivity index (χ2n) is 8.60. The van der Waals surface area contributed by atoms with E-state index in [2.05, 4.69) is 19.2 Å². The molecule has 0 amide bonds. The van der Waals surface area contributed by atoms with Crippen LogP contribution in [0.5, 0.6) is 0 Å². The smallest absolute Gasteiger partial charge is 0.211 e. The number of rotatable bonds is 3. The number of Topliss-reactive ketones (excluding diaryl/α,β-unsaturated/α-hetero) is 1. The molecule has 1 N–H and O–H groups in total. The molecule has 0 spiro atoms. The van der Waals surface area contributed by atoms with Crippen molar-refractivity contribution in [2.75, 3.05) is 5.32 Å². The molecule has 0 atom stereocenters. The van der Waals surface area contributed by atoms with E-state index in [4.69, 9.17) is 21.7 Å². The fraction of sp³-hybridized carbons (Fsp3) is 0.261. The summed E-state index contributed by atoms with van der Waals surface area (Å²) in [6.45, 7) is 6.23. The van der Waals surface area contributed by atoms with Crippen LogP contribution in [0.1, 0.15) is 41.9 Å². The SMILES string of the molecule is Cc1ccc(Nc2nn(-c3nc4ccccc4s3)c3c2C(=O)CC(C)(C)C3)c(Cl)c1. The van der Waals surface area contributed by atoms with E-state index in [1.165, 1.54) is 0 Å². The fourth-order valence-electron chi connectivity index (χ4n) is 3.99. The van der Waals surface area contributed by atoms with E-state index in [0.717, 1.165) is 38.7 Å². The minimum Gasteiger partial charge on any atom is -0.337 e. The highest BCUT2D eigenvalue weighted by molar-refractivity contribution is 7.20. The van der Waals surface area contributed by atoms with Crippen LogP contribution < -0.4 is 5.32 Å². The van der Waals surface area contributed by atoms with E-state index in [1.807, 2.05) is 54.1 Å². The van der Waals surface area contributed by atoms with E-state index in [0.29, 0.717) is 22.8 Å². The number of carbonyl (C=O) groups excluding carboxylic acids is 1. The Kier molecular flexibility index (Phi) is 4.45. The van der Waals surface area contributed by atoms with Gasteiger partial charge in [-0.1, -0.05) is 55.0 Å². The van der Waals surface area contributed by atoms with Crippen LogP contribution in [0.3, 0.4) is 0 Å². The number of benzene rings is 2. The molecule has 1 aliphatic carbocycles. The van der Waals surface area contributed by atoms with E-state index in [1.54, 1.807) is 11.3 Å². The molecule has 0 saturated carbocycles. The summed E-state index contributed by atoms with van der Waals surface area (Å²) in [7, 11) is 0. The Hall–Kier alpha value is -2.70. The van der Waals surface area contributed by atoms with E-state index >= 15 is 0 Å². The number of fused-ring (bicyclic) bond motifs is 2. The Morgan fingerprint density at radius 3 is 2.73 bits per heavy atom. The molecule has 1 aliphatic rings. The lowest BCUT2D eigenvalue weighted by atomic mass is 9.76. The van der Waals surface area contributed by atoms with Gasteiger partial charge in [0, 0.05) is 6.42 Å². The second-order valence-corrected chi connectivity index (χ2v) is 10.0. The zero-order chi connectivity index (χ0) is 21.0. The third-order valence-electron chi connectivity index (χ3n) is 5.39. The number of carbonyl (C=O) groups is 1. The van der Waals surface area contributed by atoms with Crippen LogP contribution in [0.2, 0.25) is 5.02 Å². The van der Waals surface area contributed by atoms with Gasteiger partial charge in [-0.25, -0.2) is 9.67 Å². The summed E-state index contributed by atoms with van der Waals surface area (Å²) in [5.74, 6) is 0.634. The van der Waals surface area contributed by atoms with Gasteiger partial charge >= 0.3 is 0 Å². The van der Waals surface area contributed by atoms with Crippen molar-refractivity contribution in [3.05, 3.63) is 64.3 Å². The van der Waals surface area contributed by atoms with Gasteiger partial charge in [0.15, 0.2) is 11.6 Å². The van der Waals surface area contributed by atoms with Gasteiger partial charge in [-0.05, 0) is 48.6 Å². The highest BCUT2D eigenvalue weighted by atomic mass is 35.5. The summed E-state index contributed by atoms with van der Waals surface area (Å²) in [6.07, 6.45) is 1.24. The molecule has 0 bridgehead atoms. The minimum atomic E-state index is -0.128. The van der Waals surface area contributed by atoms with Gasteiger partial charge in [-0.3, -0.25) is 4.79 Å². The van der Waals surface area contributed by atoms with Crippen LogP contribution in [0.15, 0.2) is 42.5 Å². The van der Waals surface area contributed by atoms with E-state index in [9.17, 15) is 4.79 Å². The van der Waals surface area contributed by atoms with Crippen molar-refractivity contribution in [1.82, 2.24) is 14.8 Å². The standard InChI is InChI=1S/C23H21ClN4OS/c1-13-8-9-15(14(24)10-13)25-21-20-17(11-23(2,3)12-18(20)29)28(27-21)22-26-16-6-4-5-7-19(16)30-22/h4-10H,11-12H2,1-3H3,(H,25,27). The summed E-state index contributed by atoms with van der Waals surface area (Å²) < 4.78 is 2.93. The molecule has 0 radical (unpaired) electrons. The van der Waals surface area contributed by atoms with E-state index in [-0.39, 0.29) is 11.2 Å². The maximum absolute atomic E-state index is 13.1. The molecule has 5 rings (SSSR count). The molecule has 2 aromatic carbocycles. The Morgan fingerprint density at radius 1 is 1.17 bits per heavy atom. The van der Waals surface area contributed by atoms with Gasteiger partial charge in [0.1, 0.15) is 0 Å². The van der Waals surface area contributed by atoms with Crippen LogP contribution in [-0.2, 0) is 6.42 Å². The second kappa shape index (κ2) is 6.93. The Labute approximate surface area is 183 Å². The lowest BCUT2D eigenvalue weighted by Gasteiger charge is -2.28. The molecule has 0 aliphatic heterocycles. The van der Waals surface area contributed by atoms with Crippen LogP contribution in [0, 0.1) is 12.3 Å². The topological polar surface area (TPSA) is 59.8 Å². The molecular weight excluding hydrogens is 416 g/mol. The number of aromatic nitrogens is 3. The number of nitrogens with one attached hydrogen (secondary N) is 1. The lowest BCUT2D eigenvalue weighted by molar-refractivity contribution is 0.0912. The van der Waals surface area contributed by atoms with Crippen LogP contribution in [0.25, 0.3) is 15.3 Å². The van der Waals surface area contributed by atoms with Crippen molar-refractivity contribution < 1.29 is 4.79 Å². The van der Waals surface area contributed by atoms with Crippen LogP contribution >= 0.6 is 22.9 Å². The third-order valence-corrected chi connectivity index (χ3v) is 6.71. The number of para-hydroxylation sites is 1. The normalized spacial score (nSPS) is 15.4. The fourth-order valence-corrected chi connectivity index (χ4v) is 5.22. The average molecular weight is 437 g/mol. The molecule has 4 aromatic rings. The van der Waals surface area contributed by atoms with Gasteiger partial charge in [-0.2, -0.15) is 0 Å². The highest BCUT2D eigenvalue weighted by Crippen LogP contribution is 2.41. The Bertz CT molecular complexity index is 1270. The predicted molar refractivity (Wildman–Crippen MR) is 123 cm³/mol. The molecule has 7 heteroatoms. The third kappa shape index (κ3) is 3.30. The minimum absolute atomic E-state index is 0.0966. The maximum Gasteiger partial charge on any atom is 0.211 e. The number of aryl methyl sites for hydroxylation is 1. The van der Waals surface area contributed by atoms with Gasteiger partial charge in [-0.15, -0.1) is 5.10 Å². The van der Waals surface area contributed by atoms with Crippen LogP contribution in [-0.4, -0.2) is 20.5 Å². The molecule has 2 aromatic heterocycles. The molecule has 0 fully saturated rings. The van der Waals surface area contributed by atoms with Gasteiger partial charge < -0.3 is 5.32 Å². The molecule has 30 heavy (non-hydrogen) atoms. The summed E-state index contributed by atoms with van der Waals surface area (Å²) in [6, 6.07) is 13.8. The number of nitrogens with zero attached hydrogens (tertiary/aromatic N) is 3. The van der Waals surface area contributed by atoms with Crippen molar-refractivity contribution in [3.63, 3.8) is 0 Å². The van der Waals surface area contributed by atoms with Crippen LogP contribution in [0.4, 0.5) is 11.5 Å². The number of halogens is 1. The Balaban J connectivity index is 1.67. The number of hydrogen-bond acceptors (Lipinski definition) is 5. The summed E-state index contributed by atoms with van der Waals surface area (Å²) in [5.41, 5.74) is 4.16. The van der Waals surface area contributed by atoms with Crippen molar-refractivity contribution in [2.24, 2.45) is 5.41 Å². The zero-order valence-electron chi connectivity index (χ0n) is 17.0. The van der Waals surface area contributed by atoms with Gasteiger partial charge in [0.25, 0.3) is 0 Å². The summed E-state index contributed by atoms with van der Waals surface area (Å²) in [4.78, 5) is 17.9. The average Bonchev–Trinajstić information content (AvgIpc) is 3.24. The van der Waals surface area contributed by atoms with Gasteiger partial charge in [0.2, 0.25) is 5.13 Å². The quantitative estimate of drug-likeness (QED) is 0.407. The number of thiazole rings is 1. The zero-order valence-corrected chi connectivity index (χ0v) is 18.6. The van der Waals surface area contributed by atoms with Crippen molar-refractivity contribution in [2.45, 2.75) is 33.6 Å². The van der Waals surface area contributed by atoms with Crippen molar-refractivity contribution in [3.8, 4) is 5.13 Å². The highest BCUT2D eigenvalue weighted by Gasteiger charge is 2.37. The van der Waals surface area contributed by atoms with E-state index < -0.39 is 0 Å². The first-order valence-corrected chi connectivity index (χ1v) is 11.0. The molecule has 5 nitrogen and oxygen atoms in total. The predicted octanol–water partition coefficient (Wildman–Crippen LogP) is 6.34. The molecule has 2 heterocycles. The lowest BCUT2D eigenvalue weighted by Crippen LogP contribution is -2.28. The van der Waals surface area contributed by atoms with Crippen molar-refractivity contribution >= 4 is 50.4 Å². The molecule has 0 unspecified atom stereocenters. The molecular formula is C23H21ClN4OS. The number of ketones is 1. The Morgan fingerprint density at radius 2 is 1.97 bits per heavy atom. The first-order chi connectivity index (χ1) is 14.3. The molecule has 0 saturated heterocycles.